The van der Waals surface area contributed by atoms with Crippen LogP contribution in [0.25, 0.3) is 0 Å². The van der Waals surface area contributed by atoms with Crippen LogP contribution in [0.15, 0.2) is 53.4 Å². The van der Waals surface area contributed by atoms with Crippen LogP contribution in [0, 0.1) is 5.92 Å². The van der Waals surface area contributed by atoms with Crippen LogP contribution in [-0.4, -0.2) is 49.7 Å². The minimum absolute atomic E-state index is 0.0681. The van der Waals surface area contributed by atoms with Gasteiger partial charge in [0.15, 0.2) is 0 Å². The zero-order valence-electron chi connectivity index (χ0n) is 19.3. The number of halogens is 3. The average Bonchev–Trinajstić information content (AvgIpc) is 2.82. The number of hydrogen-bond acceptors (Lipinski definition) is 4. The zero-order valence-corrected chi connectivity index (χ0v) is 20.1. The summed E-state index contributed by atoms with van der Waals surface area (Å²) in [5, 5.41) is 2.92. The molecule has 0 spiro atoms. The van der Waals surface area contributed by atoms with Gasteiger partial charge in [0.1, 0.15) is 0 Å². The molecular formula is C24H30F3N3O3S. The number of hydrogen-bond donors (Lipinski definition) is 1. The van der Waals surface area contributed by atoms with Crippen molar-refractivity contribution in [1.29, 1.82) is 0 Å². The summed E-state index contributed by atoms with van der Waals surface area (Å²) in [6.07, 6.45) is -4.04. The van der Waals surface area contributed by atoms with Crippen molar-refractivity contribution in [3.05, 3.63) is 59.7 Å². The molecular weight excluding hydrogens is 467 g/mol. The quantitative estimate of drug-likeness (QED) is 0.579. The van der Waals surface area contributed by atoms with Crippen molar-refractivity contribution in [3.63, 3.8) is 0 Å². The minimum Gasteiger partial charge on any atom is -0.326 e. The highest BCUT2D eigenvalue weighted by Gasteiger charge is 2.35. The fraction of sp³-hybridized carbons (Fsp3) is 0.458. The monoisotopic (exact) mass is 497 g/mol. The fourth-order valence-corrected chi connectivity index (χ4v) is 5.55. The highest BCUT2D eigenvalue weighted by molar-refractivity contribution is 7.89. The number of amides is 1. The van der Waals surface area contributed by atoms with E-state index in [0.29, 0.717) is 24.6 Å². The van der Waals surface area contributed by atoms with Crippen molar-refractivity contribution < 1.29 is 26.4 Å². The fourth-order valence-electron chi connectivity index (χ4n) is 4.04. The van der Waals surface area contributed by atoms with Crippen LogP contribution in [0.2, 0.25) is 0 Å². The summed E-state index contributed by atoms with van der Waals surface area (Å²) < 4.78 is 65.8. The molecule has 0 aromatic heterocycles. The Bertz CT molecular complexity index is 1090. The third kappa shape index (κ3) is 6.37. The second-order valence-corrected chi connectivity index (χ2v) is 10.3. The summed E-state index contributed by atoms with van der Waals surface area (Å²) in [5.41, 5.74) is 0.767. The highest BCUT2D eigenvalue weighted by Crippen LogP contribution is 2.32. The first-order valence-electron chi connectivity index (χ1n) is 11.3. The highest BCUT2D eigenvalue weighted by atomic mass is 32.2. The lowest BCUT2D eigenvalue weighted by molar-refractivity contribution is -0.137. The van der Waals surface area contributed by atoms with Gasteiger partial charge in [0.2, 0.25) is 15.9 Å². The molecule has 0 atom stereocenters. The van der Waals surface area contributed by atoms with E-state index >= 15 is 0 Å². The average molecular weight is 498 g/mol. The van der Waals surface area contributed by atoms with Crippen LogP contribution in [0.3, 0.4) is 0 Å². The number of benzene rings is 2. The van der Waals surface area contributed by atoms with Gasteiger partial charge in [-0.1, -0.05) is 32.0 Å². The summed E-state index contributed by atoms with van der Waals surface area (Å²) in [4.78, 5) is 14.7. The van der Waals surface area contributed by atoms with Gasteiger partial charge in [0.05, 0.1) is 10.5 Å². The molecule has 1 aliphatic heterocycles. The molecule has 1 N–H and O–H groups in total. The van der Waals surface area contributed by atoms with E-state index in [2.05, 4.69) is 24.1 Å². The summed E-state index contributed by atoms with van der Waals surface area (Å²) in [6, 6.07) is 11.4. The maximum absolute atomic E-state index is 13.0. The molecule has 1 heterocycles. The van der Waals surface area contributed by atoms with E-state index in [1.807, 2.05) is 24.3 Å². The van der Waals surface area contributed by atoms with Crippen LogP contribution < -0.4 is 5.32 Å². The lowest BCUT2D eigenvalue weighted by Crippen LogP contribution is -2.41. The van der Waals surface area contributed by atoms with Crippen LogP contribution in [-0.2, 0) is 27.5 Å². The van der Waals surface area contributed by atoms with E-state index in [1.54, 1.807) is 0 Å². The van der Waals surface area contributed by atoms with Gasteiger partial charge in [-0.15, -0.1) is 0 Å². The maximum Gasteiger partial charge on any atom is 0.416 e. The number of nitrogens with zero attached hydrogens (tertiary/aromatic N) is 2. The molecule has 6 nitrogen and oxygen atoms in total. The molecule has 1 amide bonds. The second kappa shape index (κ2) is 10.9. The SMILES string of the molecule is CCN(CC)Cc1cccc(NC(=O)C2CCN(S(=O)(=O)c3cccc(C(F)(F)F)c3)CC2)c1. The van der Waals surface area contributed by atoms with Crippen molar-refractivity contribution in [3.8, 4) is 0 Å². The van der Waals surface area contributed by atoms with Crippen molar-refractivity contribution in [2.45, 2.75) is 44.3 Å². The molecule has 1 saturated heterocycles. The van der Waals surface area contributed by atoms with E-state index in [1.165, 1.54) is 0 Å². The second-order valence-electron chi connectivity index (χ2n) is 8.35. The van der Waals surface area contributed by atoms with E-state index in [-0.39, 0.29) is 24.9 Å². The van der Waals surface area contributed by atoms with Gasteiger partial charge in [0, 0.05) is 31.2 Å². The van der Waals surface area contributed by atoms with Gasteiger partial charge >= 0.3 is 6.18 Å². The molecule has 10 heteroatoms. The molecule has 34 heavy (non-hydrogen) atoms. The first kappa shape index (κ1) is 26.2. The van der Waals surface area contributed by atoms with E-state index in [0.717, 1.165) is 47.7 Å². The standard InChI is InChI=1S/C24H30F3N3O3S/c1-3-29(4-2)17-18-7-5-9-21(15-18)28-23(31)19-11-13-30(14-12-19)34(32,33)22-10-6-8-20(16-22)24(25,26)27/h5-10,15-16,19H,3-4,11-14,17H2,1-2H3,(H,28,31). The third-order valence-corrected chi connectivity index (χ3v) is 8.01. The molecule has 0 radical (unpaired) electrons. The van der Waals surface area contributed by atoms with Crippen molar-refractivity contribution in [2.24, 2.45) is 5.92 Å². The first-order chi connectivity index (χ1) is 16.0. The summed E-state index contributed by atoms with van der Waals surface area (Å²) in [5.74, 6) is -0.560. The van der Waals surface area contributed by atoms with Crippen molar-refractivity contribution in [2.75, 3.05) is 31.5 Å². The molecule has 186 valence electrons. The normalized spacial score (nSPS) is 16.1. The van der Waals surface area contributed by atoms with E-state index in [9.17, 15) is 26.4 Å². The molecule has 0 bridgehead atoms. The van der Waals surface area contributed by atoms with Gasteiger partial charge in [0.25, 0.3) is 0 Å². The largest absolute Gasteiger partial charge is 0.416 e. The van der Waals surface area contributed by atoms with Gasteiger partial charge < -0.3 is 5.32 Å². The minimum atomic E-state index is -4.63. The molecule has 1 fully saturated rings. The number of piperidine rings is 1. The Morgan fingerprint density at radius 1 is 1.06 bits per heavy atom. The molecule has 1 aliphatic rings. The zero-order chi connectivity index (χ0) is 24.9. The first-order valence-corrected chi connectivity index (χ1v) is 12.8. The predicted molar refractivity (Wildman–Crippen MR) is 125 cm³/mol. The Labute approximate surface area is 198 Å². The maximum atomic E-state index is 13.0. The van der Waals surface area contributed by atoms with Crippen molar-refractivity contribution in [1.82, 2.24) is 9.21 Å². The Balaban J connectivity index is 1.61. The number of carbonyl (C=O) groups is 1. The number of alkyl halides is 3. The number of nitrogens with one attached hydrogen (secondary N) is 1. The van der Waals surface area contributed by atoms with Crippen LogP contribution in [0.4, 0.5) is 18.9 Å². The lowest BCUT2D eigenvalue weighted by Gasteiger charge is -2.30. The number of carbonyl (C=O) groups excluding carboxylic acids is 1. The van der Waals surface area contributed by atoms with Crippen LogP contribution in [0.5, 0.6) is 0 Å². The number of anilines is 1. The summed E-state index contributed by atoms with van der Waals surface area (Å²) in [6.45, 7) is 6.95. The lowest BCUT2D eigenvalue weighted by atomic mass is 9.97. The van der Waals surface area contributed by atoms with E-state index < -0.39 is 26.7 Å². The Kier molecular flexibility index (Phi) is 8.38. The van der Waals surface area contributed by atoms with Gasteiger partial charge in [-0.3, -0.25) is 9.69 Å². The third-order valence-electron chi connectivity index (χ3n) is 6.12. The number of rotatable bonds is 8. The van der Waals surface area contributed by atoms with Crippen LogP contribution >= 0.6 is 0 Å². The molecule has 3 rings (SSSR count). The molecule has 0 saturated carbocycles. The molecule has 0 aliphatic carbocycles. The number of sulfonamides is 1. The predicted octanol–water partition coefficient (Wildman–Crippen LogP) is 4.59. The topological polar surface area (TPSA) is 69.7 Å². The smallest absolute Gasteiger partial charge is 0.326 e. The van der Waals surface area contributed by atoms with E-state index in [4.69, 9.17) is 0 Å². The summed E-state index contributed by atoms with van der Waals surface area (Å²) in [7, 11) is -4.08. The molecule has 2 aromatic carbocycles. The van der Waals surface area contributed by atoms with Gasteiger partial charge in [-0.25, -0.2) is 8.42 Å². The Hall–Kier alpha value is -2.43. The summed E-state index contributed by atoms with van der Waals surface area (Å²) >= 11 is 0. The molecule has 0 unspecified atom stereocenters. The van der Waals surface area contributed by atoms with Gasteiger partial charge in [-0.05, 0) is 61.8 Å². The molecule has 2 aromatic rings. The van der Waals surface area contributed by atoms with Gasteiger partial charge in [-0.2, -0.15) is 17.5 Å². The Morgan fingerprint density at radius 2 is 1.71 bits per heavy atom. The van der Waals surface area contributed by atoms with Crippen LogP contribution in [0.1, 0.15) is 37.8 Å². The Morgan fingerprint density at radius 3 is 2.32 bits per heavy atom. The van der Waals surface area contributed by atoms with Crippen molar-refractivity contribution >= 4 is 21.6 Å².